The van der Waals surface area contributed by atoms with Crippen molar-refractivity contribution < 1.29 is 13.9 Å². The van der Waals surface area contributed by atoms with Crippen LogP contribution in [0.5, 0.6) is 11.5 Å². The summed E-state index contributed by atoms with van der Waals surface area (Å²) in [4.78, 5) is 2.23. The highest BCUT2D eigenvalue weighted by atomic mass is 16.7. The lowest BCUT2D eigenvalue weighted by Crippen LogP contribution is -2.17. The number of rotatable bonds is 7. The molecule has 1 aliphatic heterocycles. The molecule has 0 aliphatic carbocycles. The van der Waals surface area contributed by atoms with Gasteiger partial charge in [-0.25, -0.2) is 0 Å². The number of ether oxygens (including phenoxy) is 2. The van der Waals surface area contributed by atoms with Crippen molar-refractivity contribution in [1.29, 1.82) is 0 Å². The highest BCUT2D eigenvalue weighted by molar-refractivity contribution is 5.67. The van der Waals surface area contributed by atoms with Crippen LogP contribution >= 0.6 is 0 Å². The fraction of sp³-hybridized carbons (Fsp3) is 0.240. The molecule has 0 saturated carbocycles. The molecule has 3 heterocycles. The van der Waals surface area contributed by atoms with Crippen molar-refractivity contribution in [3.63, 3.8) is 0 Å². The van der Waals surface area contributed by atoms with Crippen molar-refractivity contribution in [1.82, 2.24) is 14.7 Å². The van der Waals surface area contributed by atoms with Crippen LogP contribution in [0.2, 0.25) is 0 Å². The molecule has 0 spiro atoms. The SMILES string of the molecule is Cc1ccc(CN(C)Cc2cn(Cc3ccccc3)nc2-c2ccc3c(c2)OCO3)o1. The molecule has 0 fully saturated rings. The molecule has 0 amide bonds. The first-order chi connectivity index (χ1) is 15.1. The second-order valence-electron chi connectivity index (χ2n) is 7.94. The number of hydrogen-bond donors (Lipinski definition) is 0. The smallest absolute Gasteiger partial charge is 0.231 e. The van der Waals surface area contributed by atoms with Crippen molar-refractivity contribution in [2.45, 2.75) is 26.6 Å². The molecular formula is C25H25N3O3. The van der Waals surface area contributed by atoms with Gasteiger partial charge in [-0.3, -0.25) is 9.58 Å². The maximum absolute atomic E-state index is 5.75. The topological polar surface area (TPSA) is 52.7 Å². The van der Waals surface area contributed by atoms with Crippen molar-refractivity contribution >= 4 is 0 Å². The summed E-state index contributed by atoms with van der Waals surface area (Å²) in [6, 6.07) is 20.4. The van der Waals surface area contributed by atoms with Crippen LogP contribution in [0.1, 0.15) is 22.6 Å². The van der Waals surface area contributed by atoms with Crippen LogP contribution in [0.4, 0.5) is 0 Å². The summed E-state index contributed by atoms with van der Waals surface area (Å²) in [5.74, 6) is 3.43. The maximum Gasteiger partial charge on any atom is 0.231 e. The molecule has 31 heavy (non-hydrogen) atoms. The standard InChI is InChI=1S/C25H25N3O3/c1-18-8-10-22(31-18)16-27(2)14-21-15-28(13-19-6-4-3-5-7-19)26-25(21)20-9-11-23-24(12-20)30-17-29-23/h3-12,15H,13-14,16-17H2,1-2H3. The van der Waals surface area contributed by atoms with Gasteiger partial charge in [0, 0.05) is 23.9 Å². The fourth-order valence-electron chi connectivity index (χ4n) is 3.90. The van der Waals surface area contributed by atoms with Crippen molar-refractivity contribution in [3.8, 4) is 22.8 Å². The van der Waals surface area contributed by atoms with Gasteiger partial charge in [0.05, 0.1) is 18.8 Å². The Morgan fingerprint density at radius 1 is 0.968 bits per heavy atom. The van der Waals surface area contributed by atoms with E-state index < -0.39 is 0 Å². The average molecular weight is 415 g/mol. The Hall–Kier alpha value is -3.51. The Labute approximate surface area is 181 Å². The van der Waals surface area contributed by atoms with Crippen molar-refractivity contribution in [3.05, 3.63) is 89.5 Å². The van der Waals surface area contributed by atoms with E-state index in [-0.39, 0.29) is 6.79 Å². The molecule has 0 bridgehead atoms. The quantitative estimate of drug-likeness (QED) is 0.431. The van der Waals surface area contributed by atoms with Crippen LogP contribution in [-0.4, -0.2) is 28.5 Å². The molecule has 6 heteroatoms. The van der Waals surface area contributed by atoms with Gasteiger partial charge < -0.3 is 13.9 Å². The summed E-state index contributed by atoms with van der Waals surface area (Å²) in [5.41, 5.74) is 4.35. The summed E-state index contributed by atoms with van der Waals surface area (Å²) >= 11 is 0. The molecule has 0 unspecified atom stereocenters. The highest BCUT2D eigenvalue weighted by Gasteiger charge is 2.19. The van der Waals surface area contributed by atoms with Gasteiger partial charge in [0.25, 0.3) is 0 Å². The second-order valence-corrected chi connectivity index (χ2v) is 7.94. The minimum atomic E-state index is 0.263. The van der Waals surface area contributed by atoms with Crippen LogP contribution in [0, 0.1) is 6.92 Å². The van der Waals surface area contributed by atoms with Crippen LogP contribution in [-0.2, 0) is 19.6 Å². The third-order valence-electron chi connectivity index (χ3n) is 5.33. The maximum atomic E-state index is 5.75. The third kappa shape index (κ3) is 4.34. The van der Waals surface area contributed by atoms with E-state index in [0.29, 0.717) is 0 Å². The predicted octanol–water partition coefficient (Wildman–Crippen LogP) is 4.86. The van der Waals surface area contributed by atoms with Gasteiger partial charge in [-0.05, 0) is 49.9 Å². The molecule has 4 aromatic rings. The first-order valence-corrected chi connectivity index (χ1v) is 10.4. The number of benzene rings is 2. The minimum Gasteiger partial charge on any atom is -0.465 e. The molecule has 2 aromatic carbocycles. The summed E-state index contributed by atoms with van der Waals surface area (Å²) in [6.07, 6.45) is 2.14. The lowest BCUT2D eigenvalue weighted by molar-refractivity contribution is 0.174. The number of hydrogen-bond acceptors (Lipinski definition) is 5. The molecule has 0 radical (unpaired) electrons. The number of fused-ring (bicyclic) bond motifs is 1. The molecule has 158 valence electrons. The van der Waals surface area contributed by atoms with E-state index in [1.807, 2.05) is 48.0 Å². The van der Waals surface area contributed by atoms with E-state index in [9.17, 15) is 0 Å². The minimum absolute atomic E-state index is 0.263. The largest absolute Gasteiger partial charge is 0.465 e. The van der Waals surface area contributed by atoms with Crippen LogP contribution < -0.4 is 9.47 Å². The van der Waals surface area contributed by atoms with E-state index in [1.165, 1.54) is 5.56 Å². The Bertz CT molecular complexity index is 1180. The van der Waals surface area contributed by atoms with E-state index in [2.05, 4.69) is 42.4 Å². The van der Waals surface area contributed by atoms with Crippen LogP contribution in [0.15, 0.2) is 71.3 Å². The van der Waals surface area contributed by atoms with Gasteiger partial charge in [0.15, 0.2) is 11.5 Å². The fourth-order valence-corrected chi connectivity index (χ4v) is 3.90. The zero-order chi connectivity index (χ0) is 21.2. The second kappa shape index (κ2) is 8.32. The average Bonchev–Trinajstić information content (AvgIpc) is 3.48. The predicted molar refractivity (Wildman–Crippen MR) is 118 cm³/mol. The van der Waals surface area contributed by atoms with Gasteiger partial charge in [-0.15, -0.1) is 0 Å². The molecule has 0 N–H and O–H groups in total. The first kappa shape index (κ1) is 19.5. The van der Waals surface area contributed by atoms with E-state index >= 15 is 0 Å². The monoisotopic (exact) mass is 415 g/mol. The van der Waals surface area contributed by atoms with Gasteiger partial charge >= 0.3 is 0 Å². The molecular weight excluding hydrogens is 390 g/mol. The van der Waals surface area contributed by atoms with E-state index in [0.717, 1.165) is 59.5 Å². The van der Waals surface area contributed by atoms with E-state index in [1.54, 1.807) is 0 Å². The molecule has 0 saturated heterocycles. The van der Waals surface area contributed by atoms with Gasteiger partial charge in [0.2, 0.25) is 6.79 Å². The Balaban J connectivity index is 1.44. The van der Waals surface area contributed by atoms with Crippen LogP contribution in [0.25, 0.3) is 11.3 Å². The highest BCUT2D eigenvalue weighted by Crippen LogP contribution is 2.36. The normalized spacial score (nSPS) is 12.6. The summed E-state index contributed by atoms with van der Waals surface area (Å²) < 4.78 is 18.8. The first-order valence-electron chi connectivity index (χ1n) is 10.4. The zero-order valence-electron chi connectivity index (χ0n) is 17.7. The van der Waals surface area contributed by atoms with Gasteiger partial charge in [-0.2, -0.15) is 5.10 Å². The van der Waals surface area contributed by atoms with Gasteiger partial charge in [0.1, 0.15) is 11.5 Å². The lowest BCUT2D eigenvalue weighted by Gasteiger charge is -2.15. The zero-order valence-corrected chi connectivity index (χ0v) is 17.7. The Morgan fingerprint density at radius 2 is 1.81 bits per heavy atom. The van der Waals surface area contributed by atoms with Gasteiger partial charge in [-0.1, -0.05) is 30.3 Å². The third-order valence-corrected chi connectivity index (χ3v) is 5.33. The van der Waals surface area contributed by atoms with Crippen LogP contribution in [0.3, 0.4) is 0 Å². The summed E-state index contributed by atoms with van der Waals surface area (Å²) in [6.45, 7) is 4.43. The number of furan rings is 1. The summed E-state index contributed by atoms with van der Waals surface area (Å²) in [5, 5.41) is 4.94. The van der Waals surface area contributed by atoms with Crippen molar-refractivity contribution in [2.75, 3.05) is 13.8 Å². The lowest BCUT2D eigenvalue weighted by atomic mass is 10.1. The molecule has 5 rings (SSSR count). The van der Waals surface area contributed by atoms with Crippen molar-refractivity contribution in [2.24, 2.45) is 0 Å². The number of aryl methyl sites for hydroxylation is 1. The molecule has 1 aliphatic rings. The number of nitrogens with zero attached hydrogens (tertiary/aromatic N) is 3. The molecule has 2 aromatic heterocycles. The Morgan fingerprint density at radius 3 is 2.61 bits per heavy atom. The van der Waals surface area contributed by atoms with E-state index in [4.69, 9.17) is 19.0 Å². The molecule has 0 atom stereocenters. The molecule has 6 nitrogen and oxygen atoms in total. The summed E-state index contributed by atoms with van der Waals surface area (Å²) in [7, 11) is 2.09. The number of aromatic nitrogens is 2. The Kier molecular flexibility index (Phi) is 5.22.